The van der Waals surface area contributed by atoms with Gasteiger partial charge in [-0.2, -0.15) is 0 Å². The summed E-state index contributed by atoms with van der Waals surface area (Å²) in [4.78, 5) is 16.9. The van der Waals surface area contributed by atoms with Gasteiger partial charge in [-0.05, 0) is 43.5 Å². The molecule has 0 radical (unpaired) electrons. The third-order valence-electron chi connectivity index (χ3n) is 5.52. The predicted molar refractivity (Wildman–Crippen MR) is 92.5 cm³/mol. The molecule has 6 heteroatoms. The number of likely N-dealkylation sites (tertiary alicyclic amines) is 2. The van der Waals surface area contributed by atoms with Gasteiger partial charge in [0.15, 0.2) is 0 Å². The van der Waals surface area contributed by atoms with Crippen LogP contribution in [0.2, 0.25) is 0 Å². The van der Waals surface area contributed by atoms with Crippen molar-refractivity contribution in [3.8, 4) is 0 Å². The van der Waals surface area contributed by atoms with Crippen molar-refractivity contribution in [2.24, 2.45) is 5.92 Å². The number of hydrogen-bond donors (Lipinski definition) is 1. The van der Waals surface area contributed by atoms with Gasteiger partial charge >= 0.3 is 0 Å². The Labute approximate surface area is 148 Å². The third kappa shape index (κ3) is 4.19. The molecular formula is C19H27FN2O3. The number of benzene rings is 1. The zero-order valence-electron chi connectivity index (χ0n) is 14.8. The summed E-state index contributed by atoms with van der Waals surface area (Å²) in [6.45, 7) is 4.37. The first kappa shape index (κ1) is 18.3. The van der Waals surface area contributed by atoms with Gasteiger partial charge in [-0.25, -0.2) is 4.39 Å². The number of halogens is 1. The molecule has 1 N–H and O–H groups in total. The van der Waals surface area contributed by atoms with Crippen LogP contribution in [-0.2, 0) is 15.1 Å². The molecule has 3 rings (SSSR count). The number of carbonyl (C=O) groups is 1. The van der Waals surface area contributed by atoms with E-state index in [4.69, 9.17) is 4.74 Å². The molecule has 0 bridgehead atoms. The summed E-state index contributed by atoms with van der Waals surface area (Å²) in [6, 6.07) is 6.02. The van der Waals surface area contributed by atoms with Crippen molar-refractivity contribution in [2.75, 3.05) is 46.4 Å². The summed E-state index contributed by atoms with van der Waals surface area (Å²) in [5, 5.41) is 10.9. The maximum atomic E-state index is 13.1. The number of ether oxygens (including phenoxy) is 1. The van der Waals surface area contributed by atoms with E-state index in [0.717, 1.165) is 31.6 Å². The number of rotatable bonds is 5. The van der Waals surface area contributed by atoms with E-state index >= 15 is 0 Å². The minimum absolute atomic E-state index is 0.0499. The molecule has 1 aromatic rings. The summed E-state index contributed by atoms with van der Waals surface area (Å²) in [5.74, 6) is -0.0610. The van der Waals surface area contributed by atoms with Gasteiger partial charge in [0.2, 0.25) is 5.91 Å². The Balaban J connectivity index is 1.53. The van der Waals surface area contributed by atoms with Crippen LogP contribution < -0.4 is 0 Å². The molecule has 0 unspecified atom stereocenters. The van der Waals surface area contributed by atoms with Crippen molar-refractivity contribution in [3.63, 3.8) is 0 Å². The molecule has 2 aliphatic heterocycles. The van der Waals surface area contributed by atoms with Gasteiger partial charge in [-0.3, -0.25) is 4.79 Å². The number of methoxy groups -OCH3 is 1. The average molecular weight is 350 g/mol. The summed E-state index contributed by atoms with van der Waals surface area (Å²) in [5.41, 5.74) is -0.238. The quantitative estimate of drug-likeness (QED) is 0.877. The monoisotopic (exact) mass is 350 g/mol. The lowest BCUT2D eigenvalue weighted by molar-refractivity contribution is -0.139. The molecule has 0 aromatic heterocycles. The lowest BCUT2D eigenvalue weighted by Crippen LogP contribution is -2.47. The lowest BCUT2D eigenvalue weighted by atomic mass is 9.84. The highest BCUT2D eigenvalue weighted by molar-refractivity contribution is 5.79. The number of aliphatic hydroxyl groups is 1. The number of piperidine rings is 1. The number of hydrogen-bond acceptors (Lipinski definition) is 4. The summed E-state index contributed by atoms with van der Waals surface area (Å²) >= 11 is 0. The van der Waals surface area contributed by atoms with Gasteiger partial charge in [0.05, 0.1) is 18.1 Å². The third-order valence-corrected chi connectivity index (χ3v) is 5.52. The van der Waals surface area contributed by atoms with Gasteiger partial charge in [-0.1, -0.05) is 12.1 Å². The Kier molecular flexibility index (Phi) is 5.71. The van der Waals surface area contributed by atoms with Crippen LogP contribution >= 0.6 is 0 Å². The molecule has 5 nitrogen and oxygen atoms in total. The minimum atomic E-state index is -0.968. The van der Waals surface area contributed by atoms with Crippen LogP contribution in [0, 0.1) is 11.7 Å². The lowest BCUT2D eigenvalue weighted by Gasteiger charge is -2.39. The maximum absolute atomic E-state index is 13.1. The second kappa shape index (κ2) is 7.81. The zero-order valence-corrected chi connectivity index (χ0v) is 14.8. The van der Waals surface area contributed by atoms with Crippen LogP contribution in [0.3, 0.4) is 0 Å². The van der Waals surface area contributed by atoms with Crippen LogP contribution in [0.5, 0.6) is 0 Å². The number of carbonyl (C=O) groups excluding carboxylic acids is 1. The molecular weight excluding hydrogens is 323 g/mol. The molecule has 0 spiro atoms. The molecule has 25 heavy (non-hydrogen) atoms. The van der Waals surface area contributed by atoms with E-state index in [1.54, 1.807) is 19.2 Å². The second-order valence-corrected chi connectivity index (χ2v) is 7.14. The summed E-state index contributed by atoms with van der Waals surface area (Å²) in [7, 11) is 1.69. The Hall–Kier alpha value is -1.50. The Bertz CT molecular complexity index is 585. The van der Waals surface area contributed by atoms with Gasteiger partial charge < -0.3 is 19.6 Å². The van der Waals surface area contributed by atoms with Crippen molar-refractivity contribution < 1.29 is 19.0 Å². The SMILES string of the molecule is COCCN1CC[C@@H](C(=O)N2CCC(O)(c3ccc(F)cc3)CC2)C1. The van der Waals surface area contributed by atoms with Crippen molar-refractivity contribution in [1.29, 1.82) is 0 Å². The van der Waals surface area contributed by atoms with E-state index in [0.29, 0.717) is 32.5 Å². The molecule has 0 aliphatic carbocycles. The van der Waals surface area contributed by atoms with E-state index < -0.39 is 5.60 Å². The molecule has 2 fully saturated rings. The summed E-state index contributed by atoms with van der Waals surface area (Å²) < 4.78 is 18.2. The van der Waals surface area contributed by atoms with Crippen LogP contribution in [-0.4, -0.2) is 67.3 Å². The molecule has 2 saturated heterocycles. The molecule has 2 aliphatic rings. The van der Waals surface area contributed by atoms with Gasteiger partial charge in [0.25, 0.3) is 0 Å². The van der Waals surface area contributed by atoms with Crippen molar-refractivity contribution in [2.45, 2.75) is 24.9 Å². The van der Waals surface area contributed by atoms with Crippen molar-refractivity contribution in [3.05, 3.63) is 35.6 Å². The highest BCUT2D eigenvalue weighted by Crippen LogP contribution is 2.33. The van der Waals surface area contributed by atoms with Gasteiger partial charge in [0.1, 0.15) is 5.82 Å². The van der Waals surface area contributed by atoms with E-state index in [9.17, 15) is 14.3 Å². The second-order valence-electron chi connectivity index (χ2n) is 7.14. The Morgan fingerprint density at radius 3 is 2.60 bits per heavy atom. The van der Waals surface area contributed by atoms with E-state index in [1.807, 2.05) is 4.90 Å². The van der Waals surface area contributed by atoms with Crippen LogP contribution in [0.4, 0.5) is 4.39 Å². The fourth-order valence-corrected chi connectivity index (χ4v) is 3.86. The molecule has 0 saturated carbocycles. The summed E-state index contributed by atoms with van der Waals surface area (Å²) in [6.07, 6.45) is 1.87. The molecule has 1 aromatic carbocycles. The smallest absolute Gasteiger partial charge is 0.227 e. The fraction of sp³-hybridized carbons (Fsp3) is 0.632. The molecule has 1 amide bonds. The molecule has 138 valence electrons. The maximum Gasteiger partial charge on any atom is 0.227 e. The normalized spacial score (nSPS) is 23.8. The standard InChI is InChI=1S/C19H27FN2O3/c1-25-13-12-21-9-6-15(14-21)18(23)22-10-7-19(24,8-11-22)16-2-4-17(20)5-3-16/h2-5,15,24H,6-14H2,1H3/t15-/m1/s1. The minimum Gasteiger partial charge on any atom is -0.385 e. The number of nitrogens with zero attached hydrogens (tertiary/aromatic N) is 2. The topological polar surface area (TPSA) is 53.0 Å². The Morgan fingerprint density at radius 1 is 1.28 bits per heavy atom. The average Bonchev–Trinajstić information content (AvgIpc) is 3.09. The van der Waals surface area contributed by atoms with E-state index in [1.165, 1.54) is 12.1 Å². The van der Waals surface area contributed by atoms with Crippen LogP contribution in [0.1, 0.15) is 24.8 Å². The molecule has 1 atom stereocenters. The molecule has 2 heterocycles. The highest BCUT2D eigenvalue weighted by Gasteiger charge is 2.38. The fourth-order valence-electron chi connectivity index (χ4n) is 3.86. The van der Waals surface area contributed by atoms with E-state index in [-0.39, 0.29) is 17.6 Å². The van der Waals surface area contributed by atoms with Gasteiger partial charge in [-0.15, -0.1) is 0 Å². The Morgan fingerprint density at radius 2 is 1.96 bits per heavy atom. The van der Waals surface area contributed by atoms with Crippen molar-refractivity contribution in [1.82, 2.24) is 9.80 Å². The van der Waals surface area contributed by atoms with E-state index in [2.05, 4.69) is 4.90 Å². The van der Waals surface area contributed by atoms with Crippen LogP contribution in [0.15, 0.2) is 24.3 Å². The highest BCUT2D eigenvalue weighted by atomic mass is 19.1. The number of amides is 1. The van der Waals surface area contributed by atoms with Crippen molar-refractivity contribution >= 4 is 5.91 Å². The first-order valence-electron chi connectivity index (χ1n) is 9.00. The predicted octanol–water partition coefficient (Wildman–Crippen LogP) is 1.60. The first-order valence-corrected chi connectivity index (χ1v) is 9.00. The van der Waals surface area contributed by atoms with Crippen LogP contribution in [0.25, 0.3) is 0 Å². The first-order chi connectivity index (χ1) is 12.0. The largest absolute Gasteiger partial charge is 0.385 e. The zero-order chi connectivity index (χ0) is 17.9. The van der Waals surface area contributed by atoms with Gasteiger partial charge in [0, 0.05) is 33.3 Å².